The number of hydrogen-bond acceptors (Lipinski definition) is 5. The monoisotopic (exact) mass is 378 g/mol. The van der Waals surface area contributed by atoms with Crippen molar-refractivity contribution in [2.75, 3.05) is 14.2 Å². The molecule has 0 aliphatic heterocycles. The number of allylic oxidation sites excluding steroid dienone is 2. The van der Waals surface area contributed by atoms with Gasteiger partial charge in [-0.15, -0.1) is 0 Å². The van der Waals surface area contributed by atoms with Crippen LogP contribution in [0.1, 0.15) is 44.7 Å². The van der Waals surface area contributed by atoms with Crippen molar-refractivity contribution in [3.8, 4) is 0 Å². The van der Waals surface area contributed by atoms with Crippen LogP contribution in [0.4, 0.5) is 0 Å². The minimum atomic E-state index is -0.377. The van der Waals surface area contributed by atoms with Crippen molar-refractivity contribution in [3.63, 3.8) is 0 Å². The number of hydrogen-bond donors (Lipinski definition) is 0. The normalized spacial score (nSPS) is 10.9. The van der Waals surface area contributed by atoms with Crippen LogP contribution in [0.5, 0.6) is 0 Å². The lowest BCUT2D eigenvalue weighted by Crippen LogP contribution is -2.00. The van der Waals surface area contributed by atoms with E-state index in [2.05, 4.69) is 9.47 Å². The van der Waals surface area contributed by atoms with Crippen molar-refractivity contribution in [3.05, 3.63) is 82.9 Å². The summed E-state index contributed by atoms with van der Waals surface area (Å²) in [7, 11) is 2.68. The number of methoxy groups -OCH3 is 2. The maximum Gasteiger partial charge on any atom is 0.337 e. The first-order valence-corrected chi connectivity index (χ1v) is 8.75. The molecule has 0 aliphatic carbocycles. The van der Waals surface area contributed by atoms with Crippen molar-refractivity contribution in [1.29, 1.82) is 0 Å². The fourth-order valence-corrected chi connectivity index (χ4v) is 2.43. The van der Waals surface area contributed by atoms with E-state index in [1.165, 1.54) is 14.2 Å². The molecule has 5 heteroatoms. The van der Waals surface area contributed by atoms with E-state index in [1.807, 2.05) is 12.2 Å². The molecule has 5 nitrogen and oxygen atoms in total. The number of ketones is 1. The van der Waals surface area contributed by atoms with Gasteiger partial charge in [0.2, 0.25) is 0 Å². The standard InChI is InChI=1S/C23H22O5/c1-27-22(25)19-13-9-17(10-14-19)5-3-7-21(24)8-4-6-18-11-15-20(16-12-18)23(26)28-2/h3-6,9-16H,7-8H2,1-2H3/b5-3+,6-4+. The maximum atomic E-state index is 12.0. The summed E-state index contributed by atoms with van der Waals surface area (Å²) in [4.78, 5) is 34.7. The fourth-order valence-electron chi connectivity index (χ4n) is 2.43. The van der Waals surface area contributed by atoms with Crippen LogP contribution in [-0.4, -0.2) is 31.9 Å². The second-order valence-electron chi connectivity index (χ2n) is 5.98. The third-order valence-corrected chi connectivity index (χ3v) is 3.98. The highest BCUT2D eigenvalue weighted by atomic mass is 16.5. The first-order chi connectivity index (χ1) is 13.5. The summed E-state index contributed by atoms with van der Waals surface area (Å²) in [6, 6.07) is 13.9. The second-order valence-corrected chi connectivity index (χ2v) is 5.98. The highest BCUT2D eigenvalue weighted by Gasteiger charge is 2.04. The first kappa shape index (κ1) is 20.8. The van der Waals surface area contributed by atoms with E-state index in [-0.39, 0.29) is 17.7 Å². The molecule has 144 valence electrons. The van der Waals surface area contributed by atoms with Gasteiger partial charge in [-0.1, -0.05) is 48.6 Å². The Morgan fingerprint density at radius 2 is 1.04 bits per heavy atom. The third-order valence-electron chi connectivity index (χ3n) is 3.98. The Kier molecular flexibility index (Phi) is 7.91. The van der Waals surface area contributed by atoms with E-state index in [4.69, 9.17) is 0 Å². The molecule has 0 saturated heterocycles. The molecule has 0 saturated carbocycles. The van der Waals surface area contributed by atoms with E-state index in [0.29, 0.717) is 24.0 Å². The van der Waals surface area contributed by atoms with E-state index in [1.54, 1.807) is 60.7 Å². The van der Waals surface area contributed by atoms with E-state index in [0.717, 1.165) is 11.1 Å². The van der Waals surface area contributed by atoms with Gasteiger partial charge in [0.15, 0.2) is 0 Å². The molecule has 0 aliphatic rings. The molecule has 0 heterocycles. The first-order valence-electron chi connectivity index (χ1n) is 8.75. The molecule has 0 fully saturated rings. The second kappa shape index (κ2) is 10.6. The van der Waals surface area contributed by atoms with Crippen molar-refractivity contribution < 1.29 is 23.9 Å². The summed E-state index contributed by atoms with van der Waals surface area (Å²) < 4.78 is 9.30. The van der Waals surface area contributed by atoms with E-state index < -0.39 is 0 Å². The van der Waals surface area contributed by atoms with Gasteiger partial charge in [-0.3, -0.25) is 4.79 Å². The molecular weight excluding hydrogens is 356 g/mol. The van der Waals surface area contributed by atoms with Crippen molar-refractivity contribution >= 4 is 29.9 Å². The van der Waals surface area contributed by atoms with Gasteiger partial charge >= 0.3 is 11.9 Å². The largest absolute Gasteiger partial charge is 0.465 e. The molecule has 28 heavy (non-hydrogen) atoms. The minimum absolute atomic E-state index is 0.0878. The Morgan fingerprint density at radius 3 is 1.36 bits per heavy atom. The number of Topliss-reactive ketones (excluding diaryl/α,β-unsaturated/α-hetero) is 1. The zero-order valence-corrected chi connectivity index (χ0v) is 15.9. The van der Waals surface area contributed by atoms with Crippen molar-refractivity contribution in [2.24, 2.45) is 0 Å². The lowest BCUT2D eigenvalue weighted by molar-refractivity contribution is -0.117. The van der Waals surface area contributed by atoms with Gasteiger partial charge in [0, 0.05) is 12.8 Å². The van der Waals surface area contributed by atoms with Crippen LogP contribution in [0.15, 0.2) is 60.7 Å². The van der Waals surface area contributed by atoms with Crippen LogP contribution in [0, 0.1) is 0 Å². The van der Waals surface area contributed by atoms with Gasteiger partial charge in [-0.05, 0) is 35.4 Å². The Balaban J connectivity index is 1.80. The van der Waals surface area contributed by atoms with Gasteiger partial charge in [0.25, 0.3) is 0 Å². The average molecular weight is 378 g/mol. The summed E-state index contributed by atoms with van der Waals surface area (Å²) in [5, 5.41) is 0. The lowest BCUT2D eigenvalue weighted by atomic mass is 10.1. The molecule has 0 unspecified atom stereocenters. The molecule has 0 bridgehead atoms. The van der Waals surface area contributed by atoms with Gasteiger partial charge in [0.1, 0.15) is 5.78 Å². The van der Waals surface area contributed by atoms with Crippen LogP contribution in [0.25, 0.3) is 12.2 Å². The average Bonchev–Trinajstić information content (AvgIpc) is 2.73. The highest BCUT2D eigenvalue weighted by molar-refractivity contribution is 5.90. The minimum Gasteiger partial charge on any atom is -0.465 e. The van der Waals surface area contributed by atoms with Crippen LogP contribution in [-0.2, 0) is 14.3 Å². The smallest absolute Gasteiger partial charge is 0.337 e. The number of carbonyl (C=O) groups excluding carboxylic acids is 3. The molecule has 0 radical (unpaired) electrons. The van der Waals surface area contributed by atoms with Gasteiger partial charge in [0.05, 0.1) is 25.3 Å². The van der Waals surface area contributed by atoms with E-state index in [9.17, 15) is 14.4 Å². The molecular formula is C23H22O5. The number of esters is 2. The molecule has 0 spiro atoms. The Bertz CT molecular complexity index is 801. The highest BCUT2D eigenvalue weighted by Crippen LogP contribution is 2.10. The summed E-state index contributed by atoms with van der Waals surface area (Å²) in [6.45, 7) is 0. The van der Waals surface area contributed by atoms with Crippen LogP contribution in [0.2, 0.25) is 0 Å². The predicted octanol–water partition coefficient (Wildman–Crippen LogP) is 4.34. The zero-order chi connectivity index (χ0) is 20.4. The van der Waals surface area contributed by atoms with Crippen LogP contribution >= 0.6 is 0 Å². The van der Waals surface area contributed by atoms with Gasteiger partial charge in [-0.25, -0.2) is 9.59 Å². The Morgan fingerprint density at radius 1 is 0.679 bits per heavy atom. The van der Waals surface area contributed by atoms with Gasteiger partial charge in [-0.2, -0.15) is 0 Å². The summed E-state index contributed by atoms with van der Waals surface area (Å²) >= 11 is 0. The fraction of sp³-hybridized carbons (Fsp3) is 0.174. The number of benzene rings is 2. The molecule has 2 aromatic rings. The number of rotatable bonds is 8. The summed E-state index contributed by atoms with van der Waals surface area (Å²) in [6.07, 6.45) is 7.93. The molecule has 0 aromatic heterocycles. The molecule has 0 atom stereocenters. The molecule has 0 amide bonds. The predicted molar refractivity (Wildman–Crippen MR) is 108 cm³/mol. The lowest BCUT2D eigenvalue weighted by Gasteiger charge is -1.99. The number of ether oxygens (including phenoxy) is 2. The number of carbonyl (C=O) groups is 3. The third kappa shape index (κ3) is 6.36. The van der Waals surface area contributed by atoms with Crippen LogP contribution in [0.3, 0.4) is 0 Å². The van der Waals surface area contributed by atoms with Crippen molar-refractivity contribution in [2.45, 2.75) is 12.8 Å². The summed E-state index contributed by atoms with van der Waals surface area (Å²) in [5.74, 6) is -0.667. The molecule has 2 rings (SSSR count). The van der Waals surface area contributed by atoms with Crippen LogP contribution < -0.4 is 0 Å². The quantitative estimate of drug-likeness (QED) is 0.639. The Hall–Kier alpha value is -3.47. The summed E-state index contributed by atoms with van der Waals surface area (Å²) in [5.41, 5.74) is 2.78. The SMILES string of the molecule is COC(=O)c1ccc(/C=C/CC(=O)C/C=C/c2ccc(C(=O)OC)cc2)cc1. The molecule has 0 N–H and O–H groups in total. The zero-order valence-electron chi connectivity index (χ0n) is 15.9. The molecule has 2 aromatic carbocycles. The Labute approximate surface area is 164 Å². The van der Waals surface area contributed by atoms with Gasteiger partial charge < -0.3 is 9.47 Å². The van der Waals surface area contributed by atoms with E-state index >= 15 is 0 Å². The maximum absolute atomic E-state index is 12.0. The topological polar surface area (TPSA) is 69.7 Å². The van der Waals surface area contributed by atoms with Crippen molar-refractivity contribution in [1.82, 2.24) is 0 Å².